The van der Waals surface area contributed by atoms with E-state index in [1.807, 2.05) is 11.8 Å². The molecule has 0 spiro atoms. The van der Waals surface area contributed by atoms with Crippen LogP contribution in [-0.4, -0.2) is 30.0 Å². The zero-order valence-electron chi connectivity index (χ0n) is 8.32. The van der Waals surface area contributed by atoms with E-state index in [-0.39, 0.29) is 5.54 Å². The summed E-state index contributed by atoms with van der Waals surface area (Å²) < 4.78 is 0. The van der Waals surface area contributed by atoms with Crippen molar-refractivity contribution in [2.24, 2.45) is 0 Å². The lowest BCUT2D eigenvalue weighted by atomic mass is 10.0. The first-order valence-corrected chi connectivity index (χ1v) is 6.35. The van der Waals surface area contributed by atoms with Crippen molar-refractivity contribution in [3.05, 3.63) is 0 Å². The van der Waals surface area contributed by atoms with Gasteiger partial charge in [-0.1, -0.05) is 0 Å². The lowest BCUT2D eigenvalue weighted by Gasteiger charge is -2.25. The Labute approximate surface area is 85.6 Å². The molecule has 0 aliphatic heterocycles. The molecule has 0 bridgehead atoms. The van der Waals surface area contributed by atoms with Crippen LogP contribution in [0.15, 0.2) is 0 Å². The molecule has 0 unspecified atom stereocenters. The van der Waals surface area contributed by atoms with Crippen LogP contribution in [0, 0.1) is 0 Å². The highest BCUT2D eigenvalue weighted by Crippen LogP contribution is 2.09. The summed E-state index contributed by atoms with van der Waals surface area (Å²) in [5.74, 6) is 1.98. The summed E-state index contributed by atoms with van der Waals surface area (Å²) >= 11 is 7.58. The highest BCUT2D eigenvalue weighted by Gasteiger charge is 2.14. The predicted octanol–water partition coefficient (Wildman–Crippen LogP) is 2.74. The number of hydrogen-bond donors (Lipinski definition) is 1. The molecule has 0 aromatic heterocycles. The van der Waals surface area contributed by atoms with Crippen LogP contribution in [-0.2, 0) is 0 Å². The van der Waals surface area contributed by atoms with Gasteiger partial charge in [0.05, 0.1) is 0 Å². The summed E-state index contributed by atoms with van der Waals surface area (Å²) in [5.41, 5.74) is 0.208. The van der Waals surface area contributed by atoms with E-state index in [2.05, 4.69) is 25.4 Å². The van der Waals surface area contributed by atoms with Gasteiger partial charge in [0.2, 0.25) is 0 Å². The highest BCUT2D eigenvalue weighted by molar-refractivity contribution is 7.98. The fourth-order valence-corrected chi connectivity index (χ4v) is 1.87. The Bertz CT molecular complexity index is 107. The molecule has 0 aromatic carbocycles. The topological polar surface area (TPSA) is 12.0 Å². The molecule has 0 atom stereocenters. The molecule has 1 nitrogen and oxygen atoms in total. The van der Waals surface area contributed by atoms with Gasteiger partial charge in [0, 0.05) is 11.4 Å². The second kappa shape index (κ2) is 7.05. The number of alkyl halides is 1. The van der Waals surface area contributed by atoms with Crippen LogP contribution in [0.4, 0.5) is 0 Å². The van der Waals surface area contributed by atoms with Crippen molar-refractivity contribution >= 4 is 23.4 Å². The van der Waals surface area contributed by atoms with Crippen LogP contribution in [0.1, 0.15) is 26.7 Å². The van der Waals surface area contributed by atoms with Crippen LogP contribution >= 0.6 is 23.4 Å². The van der Waals surface area contributed by atoms with E-state index < -0.39 is 0 Å². The van der Waals surface area contributed by atoms with E-state index in [0.29, 0.717) is 0 Å². The van der Waals surface area contributed by atoms with E-state index in [9.17, 15) is 0 Å². The Morgan fingerprint density at radius 1 is 1.42 bits per heavy atom. The summed E-state index contributed by atoms with van der Waals surface area (Å²) in [5, 5.41) is 3.50. The molecule has 12 heavy (non-hydrogen) atoms. The lowest BCUT2D eigenvalue weighted by molar-refractivity contribution is 0.380. The Hall–Kier alpha value is 0.600. The van der Waals surface area contributed by atoms with Crippen molar-refractivity contribution in [1.29, 1.82) is 0 Å². The largest absolute Gasteiger partial charge is 0.312 e. The zero-order chi connectivity index (χ0) is 9.45. The highest BCUT2D eigenvalue weighted by atomic mass is 35.5. The molecule has 0 fully saturated rings. The van der Waals surface area contributed by atoms with Gasteiger partial charge in [-0.2, -0.15) is 11.8 Å². The number of thioether (sulfide) groups is 1. The standard InChI is InChI=1S/C9H20ClNS/c1-9(2,5-6-10)11-7-4-8-12-3/h11H,4-8H2,1-3H3. The molecule has 0 saturated carbocycles. The molecule has 0 aliphatic carbocycles. The fourth-order valence-electron chi connectivity index (χ4n) is 0.968. The molecule has 0 rings (SSSR count). The van der Waals surface area contributed by atoms with Gasteiger partial charge in [-0.3, -0.25) is 0 Å². The minimum atomic E-state index is 0.208. The Morgan fingerprint density at radius 2 is 2.08 bits per heavy atom. The van der Waals surface area contributed by atoms with E-state index in [1.54, 1.807) is 0 Å². The molecule has 0 aliphatic rings. The second-order valence-electron chi connectivity index (χ2n) is 3.60. The molecular weight excluding hydrogens is 190 g/mol. The predicted molar refractivity (Wildman–Crippen MR) is 60.4 cm³/mol. The average Bonchev–Trinajstić information content (AvgIpc) is 1.98. The average molecular weight is 210 g/mol. The van der Waals surface area contributed by atoms with Gasteiger partial charge in [-0.25, -0.2) is 0 Å². The maximum absolute atomic E-state index is 5.68. The first-order chi connectivity index (χ1) is 5.62. The van der Waals surface area contributed by atoms with Crippen LogP contribution in [0.3, 0.4) is 0 Å². The van der Waals surface area contributed by atoms with Crippen LogP contribution < -0.4 is 5.32 Å². The van der Waals surface area contributed by atoms with Gasteiger partial charge in [0.1, 0.15) is 0 Å². The molecule has 3 heteroatoms. The van der Waals surface area contributed by atoms with Gasteiger partial charge >= 0.3 is 0 Å². The summed E-state index contributed by atoms with van der Waals surface area (Å²) in [6.45, 7) is 5.51. The molecule has 0 heterocycles. The third-order valence-corrected chi connectivity index (χ3v) is 2.73. The Kier molecular flexibility index (Phi) is 7.40. The Balaban J connectivity index is 3.33. The van der Waals surface area contributed by atoms with Gasteiger partial charge in [0.15, 0.2) is 0 Å². The first kappa shape index (κ1) is 12.6. The minimum Gasteiger partial charge on any atom is -0.312 e. The normalized spacial score (nSPS) is 12.0. The van der Waals surface area contributed by atoms with Crippen molar-refractivity contribution in [3.63, 3.8) is 0 Å². The molecule has 0 radical (unpaired) electrons. The molecule has 1 N–H and O–H groups in total. The number of nitrogens with one attached hydrogen (secondary N) is 1. The molecule has 0 aromatic rings. The summed E-state index contributed by atoms with van der Waals surface area (Å²) in [4.78, 5) is 0. The van der Waals surface area contributed by atoms with Gasteiger partial charge in [-0.15, -0.1) is 11.6 Å². The van der Waals surface area contributed by atoms with Crippen molar-refractivity contribution in [1.82, 2.24) is 5.32 Å². The van der Waals surface area contributed by atoms with E-state index in [1.165, 1.54) is 12.2 Å². The lowest BCUT2D eigenvalue weighted by Crippen LogP contribution is -2.40. The van der Waals surface area contributed by atoms with E-state index in [0.717, 1.165) is 18.8 Å². The maximum Gasteiger partial charge on any atom is 0.0240 e. The number of halogens is 1. The maximum atomic E-state index is 5.68. The second-order valence-corrected chi connectivity index (χ2v) is 4.96. The van der Waals surface area contributed by atoms with Gasteiger partial charge in [0.25, 0.3) is 0 Å². The first-order valence-electron chi connectivity index (χ1n) is 4.42. The quantitative estimate of drug-likeness (QED) is 0.511. The summed E-state index contributed by atoms with van der Waals surface area (Å²) in [6, 6.07) is 0. The monoisotopic (exact) mass is 209 g/mol. The van der Waals surface area contributed by atoms with Gasteiger partial charge in [-0.05, 0) is 45.2 Å². The number of hydrogen-bond acceptors (Lipinski definition) is 2. The summed E-state index contributed by atoms with van der Waals surface area (Å²) in [6.07, 6.45) is 4.42. The minimum absolute atomic E-state index is 0.208. The third kappa shape index (κ3) is 7.26. The molecule has 74 valence electrons. The van der Waals surface area contributed by atoms with Crippen molar-refractivity contribution in [3.8, 4) is 0 Å². The van der Waals surface area contributed by atoms with Crippen LogP contribution in [0.25, 0.3) is 0 Å². The fraction of sp³-hybridized carbons (Fsp3) is 1.00. The summed E-state index contributed by atoms with van der Waals surface area (Å²) in [7, 11) is 0. The molecule has 0 amide bonds. The molecular formula is C9H20ClNS. The van der Waals surface area contributed by atoms with Crippen LogP contribution in [0.5, 0.6) is 0 Å². The van der Waals surface area contributed by atoms with Crippen LogP contribution in [0.2, 0.25) is 0 Å². The van der Waals surface area contributed by atoms with Crippen molar-refractivity contribution in [2.45, 2.75) is 32.2 Å². The Morgan fingerprint density at radius 3 is 2.58 bits per heavy atom. The third-order valence-electron chi connectivity index (χ3n) is 1.85. The van der Waals surface area contributed by atoms with E-state index in [4.69, 9.17) is 11.6 Å². The SMILES string of the molecule is CSCCCNC(C)(C)CCCl. The number of rotatable bonds is 7. The van der Waals surface area contributed by atoms with E-state index >= 15 is 0 Å². The van der Waals surface area contributed by atoms with Crippen molar-refractivity contribution in [2.75, 3.05) is 24.4 Å². The van der Waals surface area contributed by atoms with Gasteiger partial charge < -0.3 is 5.32 Å². The van der Waals surface area contributed by atoms with Crippen molar-refractivity contribution < 1.29 is 0 Å². The smallest absolute Gasteiger partial charge is 0.0240 e. The molecule has 0 saturated heterocycles. The zero-order valence-corrected chi connectivity index (χ0v) is 9.89.